The van der Waals surface area contributed by atoms with E-state index in [1.54, 1.807) is 23.3 Å². The van der Waals surface area contributed by atoms with E-state index in [0.29, 0.717) is 12.2 Å². The van der Waals surface area contributed by atoms with Crippen molar-refractivity contribution in [1.29, 1.82) is 0 Å². The molecule has 3 heterocycles. The number of anilines is 1. The molecular weight excluding hydrogens is 326 g/mol. The Labute approximate surface area is 142 Å². The van der Waals surface area contributed by atoms with Gasteiger partial charge in [-0.25, -0.2) is 4.79 Å². The summed E-state index contributed by atoms with van der Waals surface area (Å²) in [7, 11) is 0. The van der Waals surface area contributed by atoms with Crippen LogP contribution in [-0.2, 0) is 24.4 Å². The molecule has 0 aliphatic heterocycles. The summed E-state index contributed by atoms with van der Waals surface area (Å²) < 4.78 is 4.79. The van der Waals surface area contributed by atoms with Crippen molar-refractivity contribution in [1.82, 2.24) is 29.3 Å². The molecule has 0 fully saturated rings. The van der Waals surface area contributed by atoms with Gasteiger partial charge in [0.05, 0.1) is 24.6 Å². The van der Waals surface area contributed by atoms with Gasteiger partial charge in [0.1, 0.15) is 6.54 Å². The first kappa shape index (κ1) is 16.4. The van der Waals surface area contributed by atoms with E-state index >= 15 is 0 Å². The molecule has 10 nitrogen and oxygen atoms in total. The number of aromatic carboxylic acids is 1. The normalized spacial score (nSPS) is 10.8. The molecule has 3 aromatic heterocycles. The molecule has 0 saturated heterocycles. The smallest absolute Gasteiger partial charge is 0.356 e. The molecular formula is C15H17N7O3. The second-order valence-corrected chi connectivity index (χ2v) is 5.38. The highest BCUT2D eigenvalue weighted by molar-refractivity contribution is 5.90. The first-order valence-corrected chi connectivity index (χ1v) is 7.64. The maximum Gasteiger partial charge on any atom is 0.356 e. The molecule has 0 bridgehead atoms. The molecule has 3 rings (SSSR count). The highest BCUT2D eigenvalue weighted by Crippen LogP contribution is 2.08. The number of amides is 1. The maximum atomic E-state index is 12.0. The number of carbonyl (C=O) groups excluding carboxylic acids is 1. The Morgan fingerprint density at radius 2 is 1.96 bits per heavy atom. The summed E-state index contributed by atoms with van der Waals surface area (Å²) in [5, 5.41) is 23.7. The molecule has 0 aromatic carbocycles. The van der Waals surface area contributed by atoms with E-state index in [9.17, 15) is 9.59 Å². The first-order valence-electron chi connectivity index (χ1n) is 7.64. The van der Waals surface area contributed by atoms with E-state index in [1.165, 1.54) is 16.9 Å². The summed E-state index contributed by atoms with van der Waals surface area (Å²) in [5.74, 6) is -1.45. The molecule has 10 heteroatoms. The molecule has 0 aliphatic rings. The van der Waals surface area contributed by atoms with Crippen LogP contribution in [0.2, 0.25) is 0 Å². The summed E-state index contributed by atoms with van der Waals surface area (Å²) in [6, 6.07) is 1.34. The van der Waals surface area contributed by atoms with E-state index in [-0.39, 0.29) is 18.1 Å². The summed E-state index contributed by atoms with van der Waals surface area (Å²) in [6.07, 6.45) is 8.43. The van der Waals surface area contributed by atoms with Crippen molar-refractivity contribution in [3.8, 4) is 0 Å². The van der Waals surface area contributed by atoms with Crippen LogP contribution in [0, 0.1) is 0 Å². The molecule has 25 heavy (non-hydrogen) atoms. The minimum atomic E-state index is -1.13. The van der Waals surface area contributed by atoms with Gasteiger partial charge in [0, 0.05) is 30.7 Å². The number of carboxylic acids is 1. The van der Waals surface area contributed by atoms with Gasteiger partial charge in [-0.1, -0.05) is 0 Å². The van der Waals surface area contributed by atoms with Gasteiger partial charge in [-0.3, -0.25) is 18.8 Å². The lowest BCUT2D eigenvalue weighted by atomic mass is 10.4. The topological polar surface area (TPSA) is 120 Å². The second kappa shape index (κ2) is 6.99. The zero-order valence-corrected chi connectivity index (χ0v) is 13.5. The SMILES string of the molecule is CCn1cc(Cn2cc(NC(=O)Cn3ccc(C(=O)O)n3)cn2)cn1. The van der Waals surface area contributed by atoms with Crippen LogP contribution in [0.25, 0.3) is 0 Å². The molecule has 0 spiro atoms. The third-order valence-electron chi connectivity index (χ3n) is 3.44. The van der Waals surface area contributed by atoms with Crippen LogP contribution < -0.4 is 5.32 Å². The number of rotatable bonds is 7. The third-order valence-corrected chi connectivity index (χ3v) is 3.44. The predicted molar refractivity (Wildman–Crippen MR) is 87.0 cm³/mol. The van der Waals surface area contributed by atoms with Crippen LogP contribution in [0.1, 0.15) is 23.0 Å². The molecule has 0 aliphatic carbocycles. The van der Waals surface area contributed by atoms with Gasteiger partial charge in [-0.05, 0) is 13.0 Å². The summed E-state index contributed by atoms with van der Waals surface area (Å²) in [6.45, 7) is 3.29. The van der Waals surface area contributed by atoms with E-state index in [0.717, 1.165) is 12.1 Å². The average Bonchev–Trinajstić information content (AvgIpc) is 3.29. The minimum Gasteiger partial charge on any atom is -0.476 e. The van der Waals surface area contributed by atoms with Crippen molar-refractivity contribution in [3.05, 3.63) is 48.3 Å². The zero-order chi connectivity index (χ0) is 17.8. The maximum absolute atomic E-state index is 12.0. The number of nitrogens with one attached hydrogen (secondary N) is 1. The fourth-order valence-corrected chi connectivity index (χ4v) is 2.27. The van der Waals surface area contributed by atoms with Crippen molar-refractivity contribution in [2.24, 2.45) is 0 Å². The van der Waals surface area contributed by atoms with Crippen LogP contribution in [0.4, 0.5) is 5.69 Å². The fourth-order valence-electron chi connectivity index (χ4n) is 2.27. The Kier molecular flexibility index (Phi) is 4.59. The third kappa shape index (κ3) is 4.10. The monoisotopic (exact) mass is 343 g/mol. The molecule has 1 amide bonds. The number of aromatic nitrogens is 6. The van der Waals surface area contributed by atoms with Crippen molar-refractivity contribution in [2.45, 2.75) is 26.6 Å². The lowest BCUT2D eigenvalue weighted by molar-refractivity contribution is -0.116. The zero-order valence-electron chi connectivity index (χ0n) is 13.5. The largest absolute Gasteiger partial charge is 0.476 e. The van der Waals surface area contributed by atoms with Gasteiger partial charge in [-0.2, -0.15) is 15.3 Å². The van der Waals surface area contributed by atoms with Crippen LogP contribution in [0.3, 0.4) is 0 Å². The Morgan fingerprint density at radius 3 is 2.64 bits per heavy atom. The predicted octanol–water partition coefficient (Wildman–Crippen LogP) is 0.681. The van der Waals surface area contributed by atoms with E-state index in [4.69, 9.17) is 5.11 Å². The van der Waals surface area contributed by atoms with E-state index in [1.807, 2.05) is 17.8 Å². The number of carbonyl (C=O) groups is 2. The number of hydrogen-bond donors (Lipinski definition) is 2. The minimum absolute atomic E-state index is 0.0816. The number of carboxylic acid groups (broad SMARTS) is 1. The van der Waals surface area contributed by atoms with Gasteiger partial charge in [-0.15, -0.1) is 0 Å². The van der Waals surface area contributed by atoms with Crippen molar-refractivity contribution >= 4 is 17.6 Å². The molecule has 0 radical (unpaired) electrons. The quantitative estimate of drug-likeness (QED) is 0.651. The Balaban J connectivity index is 1.56. The van der Waals surface area contributed by atoms with Gasteiger partial charge >= 0.3 is 5.97 Å². The second-order valence-electron chi connectivity index (χ2n) is 5.38. The molecule has 0 atom stereocenters. The van der Waals surface area contributed by atoms with E-state index < -0.39 is 5.97 Å². The number of hydrogen-bond acceptors (Lipinski definition) is 5. The van der Waals surface area contributed by atoms with Gasteiger partial charge < -0.3 is 10.4 Å². The molecule has 0 saturated carbocycles. The lowest BCUT2D eigenvalue weighted by Gasteiger charge is -2.02. The first-order chi connectivity index (χ1) is 12.0. The average molecular weight is 343 g/mol. The lowest BCUT2D eigenvalue weighted by Crippen LogP contribution is -2.19. The number of nitrogens with zero attached hydrogens (tertiary/aromatic N) is 6. The molecule has 3 aromatic rings. The Bertz CT molecular complexity index is 892. The van der Waals surface area contributed by atoms with Gasteiger partial charge in [0.2, 0.25) is 5.91 Å². The van der Waals surface area contributed by atoms with Gasteiger partial charge in [0.15, 0.2) is 5.69 Å². The standard InChI is InChI=1S/C15H17N7O3/c1-2-20-7-11(5-16-20)8-22-9-12(6-17-22)18-14(23)10-21-4-3-13(19-21)15(24)25/h3-7,9H,2,8,10H2,1H3,(H,18,23)(H,24,25). The van der Waals surface area contributed by atoms with Crippen LogP contribution in [-0.4, -0.2) is 46.3 Å². The van der Waals surface area contributed by atoms with Crippen LogP contribution >= 0.6 is 0 Å². The van der Waals surface area contributed by atoms with E-state index in [2.05, 4.69) is 20.6 Å². The highest BCUT2D eigenvalue weighted by atomic mass is 16.4. The Morgan fingerprint density at radius 1 is 1.16 bits per heavy atom. The summed E-state index contributed by atoms with van der Waals surface area (Å²) >= 11 is 0. The Hall–Kier alpha value is -3.43. The van der Waals surface area contributed by atoms with Gasteiger partial charge in [0.25, 0.3) is 0 Å². The highest BCUT2D eigenvalue weighted by Gasteiger charge is 2.10. The number of aryl methyl sites for hydroxylation is 1. The van der Waals surface area contributed by atoms with Crippen molar-refractivity contribution in [2.75, 3.05) is 5.32 Å². The summed E-state index contributed by atoms with van der Waals surface area (Å²) in [4.78, 5) is 22.8. The van der Waals surface area contributed by atoms with Crippen molar-refractivity contribution < 1.29 is 14.7 Å². The van der Waals surface area contributed by atoms with Crippen LogP contribution in [0.5, 0.6) is 0 Å². The molecule has 130 valence electrons. The summed E-state index contributed by atoms with van der Waals surface area (Å²) in [5.41, 5.74) is 1.47. The van der Waals surface area contributed by atoms with Crippen molar-refractivity contribution in [3.63, 3.8) is 0 Å². The fraction of sp³-hybridized carbons (Fsp3) is 0.267. The van der Waals surface area contributed by atoms with Crippen LogP contribution in [0.15, 0.2) is 37.1 Å². The molecule has 0 unspecified atom stereocenters. The molecule has 2 N–H and O–H groups in total.